The van der Waals surface area contributed by atoms with E-state index >= 15 is 0 Å². The lowest BCUT2D eigenvalue weighted by molar-refractivity contribution is 0.0327. The molecular weight excluding hydrogens is 250 g/mol. The first kappa shape index (κ1) is 15.1. The molecule has 0 spiro atoms. The van der Waals surface area contributed by atoms with Crippen LogP contribution < -0.4 is 5.32 Å². The Morgan fingerprint density at radius 1 is 1.33 bits per heavy atom. The summed E-state index contributed by atoms with van der Waals surface area (Å²) in [4.78, 5) is 12.1. The Balaban J connectivity index is 1.88. The Morgan fingerprint density at radius 2 is 2.22 bits per heavy atom. The first-order valence-electron chi connectivity index (χ1n) is 6.33. The zero-order valence-electron chi connectivity index (χ0n) is 10.8. The molecule has 0 amide bonds. The zero-order valence-corrected chi connectivity index (χ0v) is 11.6. The lowest BCUT2D eigenvalue weighted by atomic mass is 10.3. The second kappa shape index (κ2) is 10.1. The van der Waals surface area contributed by atoms with E-state index in [0.717, 1.165) is 13.1 Å². The molecule has 1 N–H and O–H groups in total. The minimum absolute atomic E-state index is 0.269. The summed E-state index contributed by atoms with van der Waals surface area (Å²) in [7, 11) is 0. The molecule has 1 rings (SSSR count). The van der Waals surface area contributed by atoms with Crippen LogP contribution in [0.15, 0.2) is 17.5 Å². The van der Waals surface area contributed by atoms with Gasteiger partial charge in [-0.2, -0.15) is 0 Å². The summed E-state index contributed by atoms with van der Waals surface area (Å²) in [5, 5.41) is 5.13. The van der Waals surface area contributed by atoms with Gasteiger partial charge < -0.3 is 14.8 Å². The van der Waals surface area contributed by atoms with E-state index < -0.39 is 0 Å². The van der Waals surface area contributed by atoms with Gasteiger partial charge in [0.2, 0.25) is 0 Å². The predicted molar refractivity (Wildman–Crippen MR) is 73.2 cm³/mol. The average Bonchev–Trinajstić information content (AvgIpc) is 2.90. The molecule has 0 fully saturated rings. The normalized spacial score (nSPS) is 10.5. The van der Waals surface area contributed by atoms with E-state index in [2.05, 4.69) is 12.2 Å². The predicted octanol–water partition coefficient (Wildman–Crippen LogP) is 2.31. The van der Waals surface area contributed by atoms with Crippen molar-refractivity contribution in [3.05, 3.63) is 22.4 Å². The van der Waals surface area contributed by atoms with E-state index in [1.807, 2.05) is 11.4 Å². The van der Waals surface area contributed by atoms with E-state index in [-0.39, 0.29) is 5.97 Å². The third kappa shape index (κ3) is 6.74. The fourth-order valence-corrected chi connectivity index (χ4v) is 1.95. The smallest absolute Gasteiger partial charge is 0.348 e. The molecule has 0 unspecified atom stereocenters. The Hall–Kier alpha value is -0.910. The summed E-state index contributed by atoms with van der Waals surface area (Å²) in [6, 6.07) is 3.59. The Morgan fingerprint density at radius 3 is 2.94 bits per heavy atom. The van der Waals surface area contributed by atoms with Gasteiger partial charge in [0, 0.05) is 6.54 Å². The van der Waals surface area contributed by atoms with Crippen LogP contribution in [0.1, 0.15) is 29.4 Å². The van der Waals surface area contributed by atoms with Gasteiger partial charge in [-0.05, 0) is 24.4 Å². The van der Waals surface area contributed by atoms with Crippen molar-refractivity contribution in [2.24, 2.45) is 0 Å². The third-order valence-electron chi connectivity index (χ3n) is 2.31. The van der Waals surface area contributed by atoms with Crippen molar-refractivity contribution in [2.45, 2.75) is 19.8 Å². The van der Waals surface area contributed by atoms with Gasteiger partial charge in [0.15, 0.2) is 0 Å². The Bertz CT molecular complexity index is 314. The average molecular weight is 271 g/mol. The molecule has 0 aliphatic carbocycles. The molecule has 0 aliphatic rings. The largest absolute Gasteiger partial charge is 0.459 e. The summed E-state index contributed by atoms with van der Waals surface area (Å²) >= 11 is 1.39. The lowest BCUT2D eigenvalue weighted by Crippen LogP contribution is -2.21. The van der Waals surface area contributed by atoms with Crippen LogP contribution in [0.2, 0.25) is 0 Å². The molecular formula is C13H21NO3S. The summed E-state index contributed by atoms with van der Waals surface area (Å²) < 4.78 is 10.4. The molecule has 0 saturated heterocycles. The summed E-state index contributed by atoms with van der Waals surface area (Å²) in [5.74, 6) is -0.269. The number of thiophene rings is 1. The lowest BCUT2D eigenvalue weighted by Gasteiger charge is -2.06. The topological polar surface area (TPSA) is 47.6 Å². The Labute approximate surface area is 112 Å². The van der Waals surface area contributed by atoms with E-state index in [0.29, 0.717) is 24.7 Å². The van der Waals surface area contributed by atoms with Crippen molar-refractivity contribution < 1.29 is 14.3 Å². The molecule has 4 nitrogen and oxygen atoms in total. The number of nitrogens with one attached hydrogen (secondary N) is 1. The maximum Gasteiger partial charge on any atom is 0.348 e. The van der Waals surface area contributed by atoms with Crippen molar-refractivity contribution in [1.82, 2.24) is 5.32 Å². The van der Waals surface area contributed by atoms with Crippen LogP contribution in [0.25, 0.3) is 0 Å². The van der Waals surface area contributed by atoms with E-state index in [1.54, 1.807) is 6.07 Å². The molecule has 1 aromatic heterocycles. The number of rotatable bonds is 10. The summed E-state index contributed by atoms with van der Waals surface area (Å²) in [5.41, 5.74) is 0. The van der Waals surface area contributed by atoms with E-state index in [9.17, 15) is 4.79 Å². The number of carbonyl (C=O) groups is 1. The van der Waals surface area contributed by atoms with Gasteiger partial charge in [-0.3, -0.25) is 0 Å². The quantitative estimate of drug-likeness (QED) is 0.524. The number of esters is 1. The summed E-state index contributed by atoms with van der Waals surface area (Å²) in [6.07, 6.45) is 2.39. The molecule has 0 atom stereocenters. The number of ether oxygens (including phenoxy) is 2. The van der Waals surface area contributed by atoms with Crippen LogP contribution in [-0.4, -0.2) is 38.9 Å². The highest BCUT2D eigenvalue weighted by molar-refractivity contribution is 7.11. The van der Waals surface area contributed by atoms with Gasteiger partial charge in [0.05, 0.1) is 13.2 Å². The highest BCUT2D eigenvalue weighted by Gasteiger charge is 2.06. The molecule has 0 radical (unpaired) electrons. The van der Waals surface area contributed by atoms with Crippen LogP contribution in [0.5, 0.6) is 0 Å². The number of hydrogen-bond acceptors (Lipinski definition) is 5. The maximum atomic E-state index is 11.4. The van der Waals surface area contributed by atoms with Gasteiger partial charge in [0.1, 0.15) is 11.5 Å². The molecule has 0 aromatic carbocycles. The van der Waals surface area contributed by atoms with Crippen molar-refractivity contribution in [1.29, 1.82) is 0 Å². The van der Waals surface area contributed by atoms with E-state index in [1.165, 1.54) is 24.2 Å². The first-order chi connectivity index (χ1) is 8.84. The van der Waals surface area contributed by atoms with Crippen LogP contribution in [0.4, 0.5) is 0 Å². The first-order valence-corrected chi connectivity index (χ1v) is 7.21. The molecule has 0 aliphatic heterocycles. The standard InChI is InChI=1S/C13H21NO3S/c1-2-3-6-14-7-8-16-9-10-17-13(15)12-5-4-11-18-12/h4-5,11,14H,2-3,6-10H2,1H3. The number of carbonyl (C=O) groups excluding carboxylic acids is 1. The maximum absolute atomic E-state index is 11.4. The van der Waals surface area contributed by atoms with Gasteiger partial charge in [-0.15, -0.1) is 11.3 Å². The third-order valence-corrected chi connectivity index (χ3v) is 3.16. The molecule has 1 aromatic rings. The van der Waals surface area contributed by atoms with Gasteiger partial charge in [-0.1, -0.05) is 19.4 Å². The molecule has 18 heavy (non-hydrogen) atoms. The van der Waals surface area contributed by atoms with E-state index in [4.69, 9.17) is 9.47 Å². The number of unbranched alkanes of at least 4 members (excludes halogenated alkanes) is 1. The minimum Gasteiger partial charge on any atom is -0.459 e. The van der Waals surface area contributed by atoms with Gasteiger partial charge >= 0.3 is 5.97 Å². The minimum atomic E-state index is -0.269. The second-order valence-corrected chi connectivity index (χ2v) is 4.78. The fourth-order valence-electron chi connectivity index (χ4n) is 1.33. The van der Waals surface area contributed by atoms with Crippen LogP contribution in [0.3, 0.4) is 0 Å². The molecule has 5 heteroatoms. The SMILES string of the molecule is CCCCNCCOCCOC(=O)c1cccs1. The summed E-state index contributed by atoms with van der Waals surface area (Å²) in [6.45, 7) is 5.46. The highest BCUT2D eigenvalue weighted by atomic mass is 32.1. The van der Waals surface area contributed by atoms with Crippen molar-refractivity contribution >= 4 is 17.3 Å². The molecule has 102 valence electrons. The second-order valence-electron chi connectivity index (χ2n) is 3.83. The molecule has 0 bridgehead atoms. The van der Waals surface area contributed by atoms with Gasteiger partial charge in [-0.25, -0.2) is 4.79 Å². The molecule has 1 heterocycles. The zero-order chi connectivity index (χ0) is 13.1. The Kier molecular flexibility index (Phi) is 8.46. The van der Waals surface area contributed by atoms with Crippen molar-refractivity contribution in [3.63, 3.8) is 0 Å². The van der Waals surface area contributed by atoms with Crippen molar-refractivity contribution in [3.8, 4) is 0 Å². The van der Waals surface area contributed by atoms with Crippen LogP contribution in [-0.2, 0) is 9.47 Å². The van der Waals surface area contributed by atoms with Gasteiger partial charge in [0.25, 0.3) is 0 Å². The van der Waals surface area contributed by atoms with Crippen LogP contribution in [0, 0.1) is 0 Å². The van der Waals surface area contributed by atoms with Crippen molar-refractivity contribution in [2.75, 3.05) is 32.9 Å². The van der Waals surface area contributed by atoms with Crippen LogP contribution >= 0.6 is 11.3 Å². The molecule has 0 saturated carbocycles. The highest BCUT2D eigenvalue weighted by Crippen LogP contribution is 2.09. The monoisotopic (exact) mass is 271 g/mol. The fraction of sp³-hybridized carbons (Fsp3) is 0.615. The number of hydrogen-bond donors (Lipinski definition) is 1.